The molecule has 0 bridgehead atoms. The van der Waals surface area contributed by atoms with Gasteiger partial charge in [0.2, 0.25) is 29.1 Å². The summed E-state index contributed by atoms with van der Waals surface area (Å²) < 4.78 is 67.6. The van der Waals surface area contributed by atoms with Crippen LogP contribution >= 0.6 is 11.6 Å². The fourth-order valence-electron chi connectivity index (χ4n) is 0.852. The molecule has 0 aromatic heterocycles. The van der Waals surface area contributed by atoms with Crippen LogP contribution in [0.1, 0.15) is 0 Å². The Morgan fingerprint density at radius 2 is 1.20 bits per heavy atom. The number of rotatable bonds is 3. The van der Waals surface area contributed by atoms with Crippen LogP contribution in [0, 0.1) is 29.1 Å². The highest BCUT2D eigenvalue weighted by molar-refractivity contribution is 6.17. The van der Waals surface area contributed by atoms with Gasteiger partial charge in [0.1, 0.15) is 6.61 Å². The van der Waals surface area contributed by atoms with Crippen LogP contribution in [-0.4, -0.2) is 12.5 Å². The second kappa shape index (κ2) is 4.65. The smallest absolute Gasteiger partial charge is 0.206 e. The standard InChI is InChI=1S/C8H4ClF5O/c9-1-2-15-8-6(13)4(11)3(10)5(12)7(8)14/h1-2H2. The third-order valence-corrected chi connectivity index (χ3v) is 1.65. The van der Waals surface area contributed by atoms with Crippen LogP contribution in [0.25, 0.3) is 0 Å². The molecule has 0 spiro atoms. The minimum atomic E-state index is -2.22. The summed E-state index contributed by atoms with van der Waals surface area (Å²) >= 11 is 5.14. The predicted molar refractivity (Wildman–Crippen MR) is 42.4 cm³/mol. The summed E-state index contributed by atoms with van der Waals surface area (Å²) in [6.45, 7) is -0.361. The van der Waals surface area contributed by atoms with Gasteiger partial charge in [-0.25, -0.2) is 13.2 Å². The number of halogens is 6. The second-order valence-electron chi connectivity index (χ2n) is 2.44. The van der Waals surface area contributed by atoms with Gasteiger partial charge in [0.15, 0.2) is 5.75 Å². The van der Waals surface area contributed by atoms with Gasteiger partial charge in [-0.2, -0.15) is 8.78 Å². The molecule has 0 fully saturated rings. The molecule has 1 aromatic rings. The van der Waals surface area contributed by atoms with E-state index >= 15 is 0 Å². The molecule has 0 saturated heterocycles. The third kappa shape index (κ3) is 2.14. The fraction of sp³-hybridized carbons (Fsp3) is 0.250. The summed E-state index contributed by atoms with van der Waals surface area (Å²) in [5.41, 5.74) is 0. The Kier molecular flexibility index (Phi) is 3.73. The Labute approximate surface area is 86.4 Å². The van der Waals surface area contributed by atoms with Crippen LogP contribution in [-0.2, 0) is 0 Å². The second-order valence-corrected chi connectivity index (χ2v) is 2.81. The zero-order chi connectivity index (χ0) is 11.6. The SMILES string of the molecule is Fc1c(F)c(F)c(OCCCl)c(F)c1F. The molecule has 0 amide bonds. The van der Waals surface area contributed by atoms with Crippen molar-refractivity contribution in [1.82, 2.24) is 0 Å². The van der Waals surface area contributed by atoms with Gasteiger partial charge in [-0.1, -0.05) is 0 Å². The molecule has 84 valence electrons. The van der Waals surface area contributed by atoms with Crippen molar-refractivity contribution in [3.63, 3.8) is 0 Å². The van der Waals surface area contributed by atoms with E-state index in [1.165, 1.54) is 0 Å². The number of hydrogen-bond donors (Lipinski definition) is 0. The van der Waals surface area contributed by atoms with Crippen molar-refractivity contribution in [1.29, 1.82) is 0 Å². The molecule has 1 nitrogen and oxygen atoms in total. The molecular formula is C8H4ClF5O. The van der Waals surface area contributed by atoms with Gasteiger partial charge < -0.3 is 4.74 Å². The van der Waals surface area contributed by atoms with Crippen molar-refractivity contribution in [2.24, 2.45) is 0 Å². The minimum Gasteiger partial charge on any atom is -0.486 e. The number of alkyl halides is 1. The van der Waals surface area contributed by atoms with E-state index in [0.29, 0.717) is 0 Å². The van der Waals surface area contributed by atoms with Gasteiger partial charge in [-0.15, -0.1) is 11.6 Å². The van der Waals surface area contributed by atoms with E-state index < -0.39 is 34.8 Å². The van der Waals surface area contributed by atoms with Crippen LogP contribution in [0.2, 0.25) is 0 Å². The van der Waals surface area contributed by atoms with Gasteiger partial charge in [0.25, 0.3) is 0 Å². The van der Waals surface area contributed by atoms with Crippen LogP contribution in [0.5, 0.6) is 5.75 Å². The van der Waals surface area contributed by atoms with Crippen molar-refractivity contribution in [3.8, 4) is 5.75 Å². The molecule has 1 aromatic carbocycles. The van der Waals surface area contributed by atoms with Crippen molar-refractivity contribution in [2.75, 3.05) is 12.5 Å². The van der Waals surface area contributed by atoms with E-state index in [1.54, 1.807) is 0 Å². The monoisotopic (exact) mass is 246 g/mol. The lowest BCUT2D eigenvalue weighted by Crippen LogP contribution is -2.08. The largest absolute Gasteiger partial charge is 0.486 e. The fourth-order valence-corrected chi connectivity index (χ4v) is 0.929. The minimum absolute atomic E-state index is 0.139. The summed E-state index contributed by atoms with van der Waals surface area (Å²) in [5.74, 6) is -11.8. The van der Waals surface area contributed by atoms with Gasteiger partial charge in [-0.05, 0) is 0 Å². The Balaban J connectivity index is 3.26. The summed E-state index contributed by atoms with van der Waals surface area (Å²) in [7, 11) is 0. The van der Waals surface area contributed by atoms with Gasteiger partial charge in [0, 0.05) is 0 Å². The van der Waals surface area contributed by atoms with E-state index in [9.17, 15) is 22.0 Å². The van der Waals surface area contributed by atoms with E-state index in [2.05, 4.69) is 4.74 Å². The first-order valence-corrected chi connectivity index (χ1v) is 4.24. The number of benzene rings is 1. The van der Waals surface area contributed by atoms with Gasteiger partial charge in [-0.3, -0.25) is 0 Å². The highest BCUT2D eigenvalue weighted by atomic mass is 35.5. The molecule has 0 saturated carbocycles. The molecule has 0 heterocycles. The molecule has 0 aliphatic carbocycles. The average molecular weight is 247 g/mol. The first-order valence-electron chi connectivity index (χ1n) is 3.70. The van der Waals surface area contributed by atoms with E-state index in [1.807, 2.05) is 0 Å². The topological polar surface area (TPSA) is 9.23 Å². The highest BCUT2D eigenvalue weighted by Crippen LogP contribution is 2.28. The summed E-state index contributed by atoms with van der Waals surface area (Å²) in [4.78, 5) is 0. The molecule has 0 unspecified atom stereocenters. The summed E-state index contributed by atoms with van der Waals surface area (Å²) in [6, 6.07) is 0. The number of hydrogen-bond acceptors (Lipinski definition) is 1. The van der Waals surface area contributed by atoms with E-state index in [4.69, 9.17) is 11.6 Å². The van der Waals surface area contributed by atoms with Crippen molar-refractivity contribution < 1.29 is 26.7 Å². The molecule has 1 rings (SSSR count). The maximum absolute atomic E-state index is 12.8. The highest BCUT2D eigenvalue weighted by Gasteiger charge is 2.26. The summed E-state index contributed by atoms with van der Waals surface area (Å²) in [5, 5.41) is 0. The molecule has 0 N–H and O–H groups in total. The normalized spacial score (nSPS) is 10.5. The van der Waals surface area contributed by atoms with Crippen molar-refractivity contribution in [2.45, 2.75) is 0 Å². The van der Waals surface area contributed by atoms with Crippen LogP contribution in [0.3, 0.4) is 0 Å². The Morgan fingerprint density at radius 1 is 0.800 bits per heavy atom. The van der Waals surface area contributed by atoms with E-state index in [-0.39, 0.29) is 12.5 Å². The number of ether oxygens (including phenoxy) is 1. The quantitative estimate of drug-likeness (QED) is 0.345. The van der Waals surface area contributed by atoms with Crippen molar-refractivity contribution in [3.05, 3.63) is 29.1 Å². The van der Waals surface area contributed by atoms with Gasteiger partial charge >= 0.3 is 0 Å². The maximum atomic E-state index is 12.8. The zero-order valence-electron chi connectivity index (χ0n) is 7.09. The average Bonchev–Trinajstić information content (AvgIpc) is 2.24. The van der Waals surface area contributed by atoms with Crippen LogP contribution in [0.4, 0.5) is 22.0 Å². The van der Waals surface area contributed by atoms with Crippen molar-refractivity contribution >= 4 is 11.6 Å². The lowest BCUT2D eigenvalue weighted by atomic mass is 10.2. The molecule has 0 aliphatic rings. The molecule has 0 aliphatic heterocycles. The zero-order valence-corrected chi connectivity index (χ0v) is 7.85. The molecule has 0 atom stereocenters. The lowest BCUT2D eigenvalue weighted by Gasteiger charge is -2.08. The Hall–Kier alpha value is -1.04. The van der Waals surface area contributed by atoms with Crippen LogP contribution < -0.4 is 4.74 Å². The molecule has 7 heteroatoms. The molecule has 15 heavy (non-hydrogen) atoms. The molecular weight excluding hydrogens is 243 g/mol. The first kappa shape index (κ1) is 12.0. The maximum Gasteiger partial charge on any atom is 0.206 e. The molecule has 0 radical (unpaired) electrons. The predicted octanol–water partition coefficient (Wildman–Crippen LogP) is 3.00. The Bertz CT molecular complexity index is 353. The third-order valence-electron chi connectivity index (χ3n) is 1.49. The van der Waals surface area contributed by atoms with Crippen LogP contribution in [0.15, 0.2) is 0 Å². The van der Waals surface area contributed by atoms with E-state index in [0.717, 1.165) is 0 Å². The Morgan fingerprint density at radius 3 is 1.60 bits per heavy atom. The first-order chi connectivity index (χ1) is 7.00. The van der Waals surface area contributed by atoms with Gasteiger partial charge in [0.05, 0.1) is 5.88 Å². The summed E-state index contributed by atoms with van der Waals surface area (Å²) in [6.07, 6.45) is 0. The lowest BCUT2D eigenvalue weighted by molar-refractivity contribution is 0.276.